The van der Waals surface area contributed by atoms with Crippen molar-refractivity contribution in [2.24, 2.45) is 0 Å². The maximum absolute atomic E-state index is 13.9. The second kappa shape index (κ2) is 5.85. The van der Waals surface area contributed by atoms with Gasteiger partial charge in [-0.15, -0.1) is 0 Å². The van der Waals surface area contributed by atoms with Crippen molar-refractivity contribution in [2.45, 2.75) is 6.54 Å². The van der Waals surface area contributed by atoms with Crippen molar-refractivity contribution >= 4 is 44.6 Å². The molecule has 106 valence electrons. The van der Waals surface area contributed by atoms with Crippen molar-refractivity contribution in [3.05, 3.63) is 51.0 Å². The molecular formula is C13H11BrClF2N3. The standard InChI is InChI=1S/C13H11BrClF2N3/c14-7-1-2-8(16)6(3-7)5-20-13-10(19)4-9(18)11(15)12(13)17/h1-4,20H,5,18-19H2. The third kappa shape index (κ3) is 2.96. The van der Waals surface area contributed by atoms with Crippen LogP contribution in [-0.4, -0.2) is 0 Å². The maximum Gasteiger partial charge on any atom is 0.169 e. The van der Waals surface area contributed by atoms with Crippen LogP contribution in [0.5, 0.6) is 0 Å². The minimum atomic E-state index is -0.750. The lowest BCUT2D eigenvalue weighted by Gasteiger charge is -2.13. The summed E-state index contributed by atoms with van der Waals surface area (Å²) in [4.78, 5) is 0. The fourth-order valence-corrected chi connectivity index (χ4v) is 2.27. The molecule has 0 aromatic heterocycles. The monoisotopic (exact) mass is 361 g/mol. The van der Waals surface area contributed by atoms with Crippen molar-refractivity contribution in [1.82, 2.24) is 0 Å². The first-order chi connectivity index (χ1) is 9.40. The number of hydrogen-bond donors (Lipinski definition) is 3. The molecule has 5 N–H and O–H groups in total. The smallest absolute Gasteiger partial charge is 0.169 e. The van der Waals surface area contributed by atoms with Crippen LogP contribution in [0.3, 0.4) is 0 Å². The van der Waals surface area contributed by atoms with Gasteiger partial charge in [0.2, 0.25) is 0 Å². The van der Waals surface area contributed by atoms with Crippen LogP contribution in [0.4, 0.5) is 25.8 Å². The average molecular weight is 363 g/mol. The Labute approximate surface area is 128 Å². The molecule has 0 radical (unpaired) electrons. The van der Waals surface area contributed by atoms with Crippen molar-refractivity contribution in [3.63, 3.8) is 0 Å². The Morgan fingerprint density at radius 2 is 1.85 bits per heavy atom. The van der Waals surface area contributed by atoms with E-state index in [2.05, 4.69) is 21.2 Å². The Kier molecular flexibility index (Phi) is 4.35. The van der Waals surface area contributed by atoms with Crippen LogP contribution in [0.1, 0.15) is 5.56 Å². The first-order valence-electron chi connectivity index (χ1n) is 5.61. The molecule has 0 fully saturated rings. The van der Waals surface area contributed by atoms with Gasteiger partial charge in [-0.3, -0.25) is 0 Å². The van der Waals surface area contributed by atoms with Crippen LogP contribution in [0, 0.1) is 11.6 Å². The average Bonchev–Trinajstić information content (AvgIpc) is 2.40. The molecule has 0 heterocycles. The van der Waals surface area contributed by atoms with Crippen molar-refractivity contribution in [1.29, 1.82) is 0 Å². The number of halogens is 4. The van der Waals surface area contributed by atoms with E-state index >= 15 is 0 Å². The van der Waals surface area contributed by atoms with E-state index in [4.69, 9.17) is 23.1 Å². The highest BCUT2D eigenvalue weighted by molar-refractivity contribution is 9.10. The molecule has 0 saturated heterocycles. The molecule has 3 nitrogen and oxygen atoms in total. The number of benzene rings is 2. The van der Waals surface area contributed by atoms with Crippen molar-refractivity contribution < 1.29 is 8.78 Å². The van der Waals surface area contributed by atoms with E-state index in [1.807, 2.05) is 0 Å². The SMILES string of the molecule is Nc1cc(N)c(NCc2cc(Br)ccc2F)c(F)c1Cl. The minimum absolute atomic E-state index is 0.00331. The molecule has 2 aromatic carbocycles. The van der Waals surface area contributed by atoms with Gasteiger partial charge in [0.1, 0.15) is 10.8 Å². The molecule has 2 rings (SSSR count). The van der Waals surface area contributed by atoms with Gasteiger partial charge < -0.3 is 16.8 Å². The fraction of sp³-hybridized carbons (Fsp3) is 0.0769. The summed E-state index contributed by atoms with van der Waals surface area (Å²) in [6.07, 6.45) is 0. The van der Waals surface area contributed by atoms with Gasteiger partial charge in [-0.25, -0.2) is 8.78 Å². The lowest BCUT2D eigenvalue weighted by molar-refractivity contribution is 0.610. The van der Waals surface area contributed by atoms with Gasteiger partial charge in [0.15, 0.2) is 5.82 Å². The first-order valence-corrected chi connectivity index (χ1v) is 6.78. The second-order valence-electron chi connectivity index (χ2n) is 4.15. The number of nitrogens with two attached hydrogens (primary N) is 2. The molecule has 0 saturated carbocycles. The van der Waals surface area contributed by atoms with Crippen LogP contribution in [0.2, 0.25) is 5.02 Å². The van der Waals surface area contributed by atoms with Crippen molar-refractivity contribution in [2.75, 3.05) is 16.8 Å². The molecular weight excluding hydrogens is 352 g/mol. The van der Waals surface area contributed by atoms with E-state index in [9.17, 15) is 8.78 Å². The van der Waals surface area contributed by atoms with E-state index < -0.39 is 11.6 Å². The summed E-state index contributed by atoms with van der Waals surface area (Å²) in [5.41, 5.74) is 11.7. The molecule has 0 aliphatic carbocycles. The molecule has 0 atom stereocenters. The van der Waals surface area contributed by atoms with Gasteiger partial charge >= 0.3 is 0 Å². The summed E-state index contributed by atoms with van der Waals surface area (Å²) >= 11 is 8.96. The summed E-state index contributed by atoms with van der Waals surface area (Å²) in [6, 6.07) is 5.84. The largest absolute Gasteiger partial charge is 0.397 e. The van der Waals surface area contributed by atoms with Gasteiger partial charge in [0.25, 0.3) is 0 Å². The normalized spacial score (nSPS) is 10.6. The molecule has 2 aromatic rings. The number of nitrogens with one attached hydrogen (secondary N) is 1. The molecule has 0 amide bonds. The lowest BCUT2D eigenvalue weighted by Crippen LogP contribution is -2.07. The van der Waals surface area contributed by atoms with E-state index in [0.717, 1.165) is 4.47 Å². The highest BCUT2D eigenvalue weighted by Gasteiger charge is 2.14. The predicted molar refractivity (Wildman–Crippen MR) is 81.7 cm³/mol. The molecule has 0 aliphatic rings. The van der Waals surface area contributed by atoms with Gasteiger partial charge in [-0.1, -0.05) is 27.5 Å². The van der Waals surface area contributed by atoms with Gasteiger partial charge in [0.05, 0.1) is 17.1 Å². The molecule has 0 aliphatic heterocycles. The van der Waals surface area contributed by atoms with Crippen molar-refractivity contribution in [3.8, 4) is 0 Å². The van der Waals surface area contributed by atoms with Crippen LogP contribution in [0.25, 0.3) is 0 Å². The Morgan fingerprint density at radius 1 is 1.15 bits per heavy atom. The van der Waals surface area contributed by atoms with E-state index in [1.165, 1.54) is 12.1 Å². The third-order valence-electron chi connectivity index (χ3n) is 2.73. The number of rotatable bonds is 3. The van der Waals surface area contributed by atoms with E-state index in [-0.39, 0.29) is 28.6 Å². The number of nitrogen functional groups attached to an aromatic ring is 2. The summed E-state index contributed by atoms with van der Waals surface area (Å²) in [5.74, 6) is -1.15. The second-order valence-corrected chi connectivity index (χ2v) is 5.44. The zero-order valence-corrected chi connectivity index (χ0v) is 12.5. The predicted octanol–water partition coefficient (Wildman–Crippen LogP) is 4.16. The zero-order chi connectivity index (χ0) is 14.9. The molecule has 0 unspecified atom stereocenters. The Bertz CT molecular complexity index is 665. The van der Waals surface area contributed by atoms with E-state index in [1.54, 1.807) is 12.1 Å². The Morgan fingerprint density at radius 3 is 2.55 bits per heavy atom. The number of hydrogen-bond acceptors (Lipinski definition) is 3. The lowest BCUT2D eigenvalue weighted by atomic mass is 10.2. The molecule has 0 spiro atoms. The highest BCUT2D eigenvalue weighted by Crippen LogP contribution is 2.34. The summed E-state index contributed by atoms with van der Waals surface area (Å²) in [6.45, 7) is 0.0621. The zero-order valence-electron chi connectivity index (χ0n) is 10.2. The minimum Gasteiger partial charge on any atom is -0.397 e. The quantitative estimate of drug-likeness (QED) is 0.719. The summed E-state index contributed by atoms with van der Waals surface area (Å²) in [5, 5.41) is 2.52. The van der Waals surface area contributed by atoms with Crippen LogP contribution >= 0.6 is 27.5 Å². The van der Waals surface area contributed by atoms with Crippen LogP contribution < -0.4 is 16.8 Å². The Balaban J connectivity index is 2.28. The molecule has 7 heteroatoms. The van der Waals surface area contributed by atoms with Crippen LogP contribution in [-0.2, 0) is 6.54 Å². The van der Waals surface area contributed by atoms with Crippen LogP contribution in [0.15, 0.2) is 28.7 Å². The van der Waals surface area contributed by atoms with Gasteiger partial charge in [-0.2, -0.15) is 0 Å². The fourth-order valence-electron chi connectivity index (χ4n) is 1.71. The first kappa shape index (κ1) is 14.9. The highest BCUT2D eigenvalue weighted by atomic mass is 79.9. The third-order valence-corrected chi connectivity index (χ3v) is 3.61. The number of anilines is 3. The topological polar surface area (TPSA) is 64.1 Å². The molecule has 0 bridgehead atoms. The summed E-state index contributed by atoms with van der Waals surface area (Å²) in [7, 11) is 0. The molecule has 20 heavy (non-hydrogen) atoms. The van der Waals surface area contributed by atoms with E-state index in [0.29, 0.717) is 5.56 Å². The Hall–Kier alpha value is -1.53. The maximum atomic E-state index is 13.9. The van der Waals surface area contributed by atoms with Gasteiger partial charge in [0, 0.05) is 16.6 Å². The summed E-state index contributed by atoms with van der Waals surface area (Å²) < 4.78 is 28.3. The van der Waals surface area contributed by atoms with Gasteiger partial charge in [-0.05, 0) is 24.3 Å².